The average molecular weight is 286 g/mol. The minimum atomic E-state index is -3.94. The van der Waals surface area contributed by atoms with Gasteiger partial charge in [0.1, 0.15) is 10.9 Å². The van der Waals surface area contributed by atoms with Crippen LogP contribution in [0.2, 0.25) is 0 Å². The molecule has 0 spiro atoms. The first-order chi connectivity index (χ1) is 8.74. The van der Waals surface area contributed by atoms with Crippen LogP contribution in [-0.2, 0) is 14.8 Å². The van der Waals surface area contributed by atoms with Gasteiger partial charge in [-0.15, -0.1) is 0 Å². The molecule has 0 heterocycles. The molecule has 0 fully saturated rings. The van der Waals surface area contributed by atoms with Gasteiger partial charge in [-0.25, -0.2) is 8.42 Å². The fourth-order valence-electron chi connectivity index (χ4n) is 1.65. The highest BCUT2D eigenvalue weighted by Crippen LogP contribution is 2.18. The van der Waals surface area contributed by atoms with Gasteiger partial charge in [-0.2, -0.15) is 4.72 Å². The first kappa shape index (κ1) is 15.5. The quantitative estimate of drug-likeness (QED) is 0.677. The summed E-state index contributed by atoms with van der Waals surface area (Å²) < 4.78 is 26.4. The number of anilines is 1. The van der Waals surface area contributed by atoms with Crippen LogP contribution in [0.3, 0.4) is 0 Å². The standard InChI is InChI=1S/C12H18N2O4S/c1-8(2)7-10(12(15)16)14-19(17,18)11-6-4-3-5-9(11)13/h3-6,8,10,14H,7,13H2,1-2H3,(H,15,16)/t10-/m0/s1. The predicted molar refractivity (Wildman–Crippen MR) is 72.1 cm³/mol. The van der Waals surface area contributed by atoms with Crippen LogP contribution in [0, 0.1) is 5.92 Å². The molecular weight excluding hydrogens is 268 g/mol. The monoisotopic (exact) mass is 286 g/mol. The molecule has 0 saturated carbocycles. The minimum absolute atomic E-state index is 0.0527. The van der Waals surface area contributed by atoms with E-state index in [-0.39, 0.29) is 22.9 Å². The molecule has 0 saturated heterocycles. The number of carboxylic acid groups (broad SMARTS) is 1. The van der Waals surface area contributed by atoms with Gasteiger partial charge in [0.05, 0.1) is 5.69 Å². The Morgan fingerprint density at radius 3 is 2.42 bits per heavy atom. The van der Waals surface area contributed by atoms with Crippen LogP contribution in [0.25, 0.3) is 0 Å². The fourth-order valence-corrected chi connectivity index (χ4v) is 2.98. The number of nitrogens with one attached hydrogen (secondary N) is 1. The Labute approximate surface area is 112 Å². The van der Waals surface area contributed by atoms with E-state index in [1.165, 1.54) is 18.2 Å². The van der Waals surface area contributed by atoms with Crippen LogP contribution in [0.1, 0.15) is 20.3 Å². The van der Waals surface area contributed by atoms with Crippen molar-refractivity contribution in [3.63, 3.8) is 0 Å². The summed E-state index contributed by atoms with van der Waals surface area (Å²) in [7, 11) is -3.94. The van der Waals surface area contributed by atoms with Gasteiger partial charge in [-0.05, 0) is 24.5 Å². The third kappa shape index (κ3) is 4.22. The molecular formula is C12H18N2O4S. The Morgan fingerprint density at radius 2 is 1.95 bits per heavy atom. The van der Waals surface area contributed by atoms with Gasteiger partial charge in [-0.3, -0.25) is 4.79 Å². The first-order valence-electron chi connectivity index (χ1n) is 5.83. The Kier molecular flexibility index (Phi) is 4.90. The number of para-hydroxylation sites is 1. The van der Waals surface area contributed by atoms with E-state index in [0.717, 1.165) is 0 Å². The largest absolute Gasteiger partial charge is 0.480 e. The zero-order valence-corrected chi connectivity index (χ0v) is 11.6. The highest BCUT2D eigenvalue weighted by molar-refractivity contribution is 7.89. The highest BCUT2D eigenvalue weighted by atomic mass is 32.2. The number of rotatable bonds is 6. The van der Waals surface area contributed by atoms with Gasteiger partial charge < -0.3 is 10.8 Å². The van der Waals surface area contributed by atoms with Crippen molar-refractivity contribution in [3.05, 3.63) is 24.3 Å². The SMILES string of the molecule is CC(C)C[C@H](NS(=O)(=O)c1ccccc1N)C(=O)O. The van der Waals surface area contributed by atoms with E-state index < -0.39 is 22.0 Å². The molecule has 19 heavy (non-hydrogen) atoms. The summed E-state index contributed by atoms with van der Waals surface area (Å²) >= 11 is 0. The number of sulfonamides is 1. The molecule has 4 N–H and O–H groups in total. The predicted octanol–water partition coefficient (Wildman–Crippen LogP) is 1.05. The number of benzene rings is 1. The van der Waals surface area contributed by atoms with E-state index in [9.17, 15) is 13.2 Å². The second-order valence-corrected chi connectivity index (χ2v) is 6.36. The summed E-state index contributed by atoms with van der Waals surface area (Å²) in [5.74, 6) is -1.15. The number of carbonyl (C=O) groups is 1. The maximum atomic E-state index is 12.1. The molecule has 1 rings (SSSR count). The van der Waals surface area contributed by atoms with Crippen LogP contribution in [-0.4, -0.2) is 25.5 Å². The number of nitrogens with two attached hydrogens (primary N) is 1. The topological polar surface area (TPSA) is 109 Å². The zero-order valence-electron chi connectivity index (χ0n) is 10.8. The van der Waals surface area contributed by atoms with Crippen molar-refractivity contribution in [3.8, 4) is 0 Å². The highest BCUT2D eigenvalue weighted by Gasteiger charge is 2.27. The van der Waals surface area contributed by atoms with Crippen LogP contribution < -0.4 is 10.5 Å². The molecule has 1 atom stereocenters. The van der Waals surface area contributed by atoms with Crippen molar-refractivity contribution in [2.75, 3.05) is 5.73 Å². The summed E-state index contributed by atoms with van der Waals surface area (Å²) in [6.45, 7) is 3.64. The Bertz CT molecular complexity index is 555. The lowest BCUT2D eigenvalue weighted by atomic mass is 10.1. The van der Waals surface area contributed by atoms with E-state index in [1.807, 2.05) is 13.8 Å². The normalized spacial score (nSPS) is 13.4. The van der Waals surface area contributed by atoms with Gasteiger partial charge in [0.2, 0.25) is 10.0 Å². The second kappa shape index (κ2) is 6.03. The van der Waals surface area contributed by atoms with Crippen LogP contribution in [0.15, 0.2) is 29.2 Å². The molecule has 0 aliphatic rings. The fraction of sp³-hybridized carbons (Fsp3) is 0.417. The number of hydrogen-bond acceptors (Lipinski definition) is 4. The Balaban J connectivity index is 3.01. The second-order valence-electron chi connectivity index (χ2n) is 4.68. The molecule has 6 nitrogen and oxygen atoms in total. The molecule has 1 aromatic carbocycles. The van der Waals surface area contributed by atoms with E-state index >= 15 is 0 Å². The Morgan fingerprint density at radius 1 is 1.37 bits per heavy atom. The van der Waals surface area contributed by atoms with Gasteiger partial charge in [0, 0.05) is 0 Å². The van der Waals surface area contributed by atoms with Crippen molar-refractivity contribution < 1.29 is 18.3 Å². The maximum absolute atomic E-state index is 12.1. The lowest BCUT2D eigenvalue weighted by Crippen LogP contribution is -2.41. The average Bonchev–Trinajstić information content (AvgIpc) is 2.27. The van der Waals surface area contributed by atoms with Crippen molar-refractivity contribution in [1.29, 1.82) is 0 Å². The van der Waals surface area contributed by atoms with Crippen molar-refractivity contribution in [1.82, 2.24) is 4.72 Å². The van der Waals surface area contributed by atoms with Gasteiger partial charge in [-0.1, -0.05) is 26.0 Å². The van der Waals surface area contributed by atoms with Gasteiger partial charge in [0.15, 0.2) is 0 Å². The summed E-state index contributed by atoms with van der Waals surface area (Å²) in [4.78, 5) is 11.0. The molecule has 106 valence electrons. The van der Waals surface area contributed by atoms with Crippen molar-refractivity contribution >= 4 is 21.7 Å². The number of hydrogen-bond donors (Lipinski definition) is 3. The van der Waals surface area contributed by atoms with Crippen LogP contribution >= 0.6 is 0 Å². The molecule has 0 amide bonds. The number of aliphatic carboxylic acids is 1. The summed E-state index contributed by atoms with van der Waals surface area (Å²) in [6, 6.07) is 4.77. The number of nitrogen functional groups attached to an aromatic ring is 1. The molecule has 0 bridgehead atoms. The zero-order chi connectivity index (χ0) is 14.6. The minimum Gasteiger partial charge on any atom is -0.480 e. The van der Waals surface area contributed by atoms with E-state index in [1.54, 1.807) is 6.07 Å². The first-order valence-corrected chi connectivity index (χ1v) is 7.32. The summed E-state index contributed by atoms with van der Waals surface area (Å²) in [5, 5.41) is 9.04. The van der Waals surface area contributed by atoms with E-state index in [0.29, 0.717) is 0 Å². The molecule has 0 aliphatic carbocycles. The number of carboxylic acids is 1. The Hall–Kier alpha value is -1.60. The third-order valence-corrected chi connectivity index (χ3v) is 4.06. The lowest BCUT2D eigenvalue weighted by Gasteiger charge is -2.17. The molecule has 0 aliphatic heterocycles. The van der Waals surface area contributed by atoms with Gasteiger partial charge >= 0.3 is 5.97 Å². The van der Waals surface area contributed by atoms with Crippen molar-refractivity contribution in [2.45, 2.75) is 31.2 Å². The van der Waals surface area contributed by atoms with E-state index in [4.69, 9.17) is 10.8 Å². The van der Waals surface area contributed by atoms with E-state index in [2.05, 4.69) is 4.72 Å². The molecule has 0 radical (unpaired) electrons. The smallest absolute Gasteiger partial charge is 0.321 e. The summed E-state index contributed by atoms with van der Waals surface area (Å²) in [5.41, 5.74) is 5.68. The summed E-state index contributed by atoms with van der Waals surface area (Å²) in [6.07, 6.45) is 0.210. The third-order valence-electron chi connectivity index (χ3n) is 2.51. The van der Waals surface area contributed by atoms with Gasteiger partial charge in [0.25, 0.3) is 0 Å². The maximum Gasteiger partial charge on any atom is 0.321 e. The molecule has 0 unspecified atom stereocenters. The molecule has 7 heteroatoms. The van der Waals surface area contributed by atoms with Crippen LogP contribution in [0.5, 0.6) is 0 Å². The molecule has 1 aromatic rings. The van der Waals surface area contributed by atoms with Crippen LogP contribution in [0.4, 0.5) is 5.69 Å². The molecule has 0 aromatic heterocycles. The van der Waals surface area contributed by atoms with Crippen molar-refractivity contribution in [2.24, 2.45) is 5.92 Å². The lowest BCUT2D eigenvalue weighted by molar-refractivity contribution is -0.139.